The Labute approximate surface area is 306 Å². The van der Waals surface area contributed by atoms with Gasteiger partial charge >= 0.3 is 126 Å². The van der Waals surface area contributed by atoms with Gasteiger partial charge in [-0.3, -0.25) is 0 Å². The van der Waals surface area contributed by atoms with E-state index < -0.39 is 0 Å². The zero-order valence-corrected chi connectivity index (χ0v) is 33.8. The molecule has 2 radical (unpaired) electrons. The quantitative estimate of drug-likeness (QED) is 0.147. The van der Waals surface area contributed by atoms with Crippen molar-refractivity contribution in [2.24, 2.45) is 34.4 Å². The first-order valence-corrected chi connectivity index (χ1v) is 3.46. The van der Waals surface area contributed by atoms with E-state index in [-0.39, 0.29) is 234 Å². The second kappa shape index (κ2) is 667. The minimum absolute atomic E-state index is 0. The van der Waals surface area contributed by atoms with E-state index in [2.05, 4.69) is 34.4 Å². The first kappa shape index (κ1) is 204. The predicted octanol–water partition coefficient (Wildman–Crippen LogP) is -2.58. The minimum atomic E-state index is 0. The van der Waals surface area contributed by atoms with Gasteiger partial charge in [0, 0.05) is 0 Å². The molecule has 20 heteroatoms. The zero-order chi connectivity index (χ0) is 12.0. The molecule has 0 rings (SSSR count). The molecule has 0 aromatic carbocycles. The van der Waals surface area contributed by atoms with E-state index in [1.807, 2.05) is 0 Å². The molecule has 0 aliphatic carbocycles. The SMILES string of the molecule is CN.CN.CN.CN.CN.CN.[Mo+3].[Mo+3].[Mo+4].[Mo+4].[Mo+4].[Mo+4].[S-2].[S-2].[S-2].[S-2].[S-2].[S-2].[S-2].[S-2]. The van der Waals surface area contributed by atoms with Crippen molar-refractivity contribution in [1.29, 1.82) is 0 Å². The molecule has 0 aromatic rings. The summed E-state index contributed by atoms with van der Waals surface area (Å²) in [5.74, 6) is 0. The van der Waals surface area contributed by atoms with Crippen LogP contribution in [0.5, 0.6) is 0 Å². The second-order valence-electron chi connectivity index (χ2n) is 0. The van der Waals surface area contributed by atoms with Gasteiger partial charge in [-0.05, 0) is 42.3 Å². The third-order valence-electron chi connectivity index (χ3n) is 0. The van der Waals surface area contributed by atoms with Crippen LogP contribution in [0.15, 0.2) is 0 Å². The van der Waals surface area contributed by atoms with Gasteiger partial charge in [0.2, 0.25) is 0 Å². The van der Waals surface area contributed by atoms with Crippen LogP contribution < -0.4 is 34.4 Å². The van der Waals surface area contributed by atoms with E-state index in [9.17, 15) is 0 Å². The van der Waals surface area contributed by atoms with Gasteiger partial charge in [0.25, 0.3) is 0 Å². The first-order chi connectivity index (χ1) is 6.00. The fourth-order valence-electron chi connectivity index (χ4n) is 0. The Bertz CT molecular complexity index is 51.7. The fraction of sp³-hybridized carbons (Fsp3) is 1.00. The van der Waals surface area contributed by atoms with Gasteiger partial charge < -0.3 is 142 Å². The summed E-state index contributed by atoms with van der Waals surface area (Å²) in [4.78, 5) is 0. The van der Waals surface area contributed by atoms with Crippen LogP contribution in [0.2, 0.25) is 0 Å². The van der Waals surface area contributed by atoms with Crippen molar-refractivity contribution in [3.8, 4) is 0 Å². The van der Waals surface area contributed by atoms with E-state index in [1.165, 1.54) is 42.3 Å². The molecular formula is C6H30Mo6N6S8+6. The van der Waals surface area contributed by atoms with E-state index in [0.29, 0.717) is 0 Å². The van der Waals surface area contributed by atoms with E-state index in [1.54, 1.807) is 0 Å². The maximum atomic E-state index is 4.50. The van der Waals surface area contributed by atoms with Crippen molar-refractivity contribution in [2.75, 3.05) is 42.3 Å². The Morgan fingerprint density at radius 3 is 0.231 bits per heavy atom. The van der Waals surface area contributed by atoms with Crippen molar-refractivity contribution in [2.45, 2.75) is 0 Å². The molecule has 0 aromatic heterocycles. The Morgan fingerprint density at radius 2 is 0.231 bits per heavy atom. The summed E-state index contributed by atoms with van der Waals surface area (Å²) in [6.45, 7) is 0. The van der Waals surface area contributed by atoms with Gasteiger partial charge in [-0.15, -0.1) is 0 Å². The average Bonchev–Trinajstić information content (AvgIpc) is 2.33. The summed E-state index contributed by atoms with van der Waals surface area (Å²) in [5, 5.41) is 0. The number of rotatable bonds is 0. The molecule has 0 aliphatic heterocycles. The largest absolute Gasteiger partial charge is 4.00 e. The van der Waals surface area contributed by atoms with Crippen LogP contribution >= 0.6 is 0 Å². The fourth-order valence-corrected chi connectivity index (χ4v) is 0. The molecule has 0 heterocycles. The molecule has 0 saturated carbocycles. The van der Waals surface area contributed by atoms with Crippen LogP contribution in [0.1, 0.15) is 0 Å². The molecule has 6 nitrogen and oxygen atoms in total. The molecule has 12 N–H and O–H groups in total. The molecule has 162 valence electrons. The minimum Gasteiger partial charge on any atom is -2.00 e. The third-order valence-corrected chi connectivity index (χ3v) is 0. The molecule has 0 spiro atoms. The molecule has 0 amide bonds. The molecular weight excluding hydrogens is 988 g/mol. The summed E-state index contributed by atoms with van der Waals surface area (Å²) >= 11 is 0. The van der Waals surface area contributed by atoms with E-state index in [4.69, 9.17) is 0 Å². The normalized spacial score (nSPS) is 1.38. The van der Waals surface area contributed by atoms with E-state index >= 15 is 0 Å². The average molecular weight is 1020 g/mol. The molecule has 0 bridgehead atoms. The molecule has 0 fully saturated rings. The zero-order valence-electron chi connectivity index (χ0n) is 15.2. The van der Waals surface area contributed by atoms with Crippen LogP contribution in [-0.4, -0.2) is 42.3 Å². The van der Waals surface area contributed by atoms with Crippen molar-refractivity contribution in [3.05, 3.63) is 0 Å². The number of hydrogen-bond donors (Lipinski definition) is 6. The summed E-state index contributed by atoms with van der Waals surface area (Å²) in [6, 6.07) is 0. The number of hydrogen-bond acceptors (Lipinski definition) is 6. The summed E-state index contributed by atoms with van der Waals surface area (Å²) in [7, 11) is 9.00. The van der Waals surface area contributed by atoms with Gasteiger partial charge in [0.15, 0.2) is 0 Å². The van der Waals surface area contributed by atoms with Gasteiger partial charge in [-0.1, -0.05) is 0 Å². The summed E-state index contributed by atoms with van der Waals surface area (Å²) in [6.07, 6.45) is 0. The van der Waals surface area contributed by atoms with Crippen molar-refractivity contribution < 1.29 is 126 Å². The molecule has 26 heavy (non-hydrogen) atoms. The van der Waals surface area contributed by atoms with Crippen LogP contribution in [0.4, 0.5) is 0 Å². The smallest absolute Gasteiger partial charge is 2.00 e. The molecule has 0 unspecified atom stereocenters. The maximum Gasteiger partial charge on any atom is 4.00 e. The Hall–Kier alpha value is 6.69. The topological polar surface area (TPSA) is 156 Å². The Balaban J connectivity index is -0.000000000833. The monoisotopic (exact) mass is 1030 g/mol. The third kappa shape index (κ3) is 604. The van der Waals surface area contributed by atoms with Crippen molar-refractivity contribution >= 4 is 108 Å². The van der Waals surface area contributed by atoms with Gasteiger partial charge in [-0.25, -0.2) is 0 Å². The van der Waals surface area contributed by atoms with Crippen LogP contribution in [-0.2, 0) is 234 Å². The second-order valence-corrected chi connectivity index (χ2v) is 0. The Morgan fingerprint density at radius 1 is 0.231 bits per heavy atom. The molecule has 0 aliphatic rings. The van der Waals surface area contributed by atoms with Gasteiger partial charge in [0.1, 0.15) is 0 Å². The van der Waals surface area contributed by atoms with Crippen LogP contribution in [0.3, 0.4) is 0 Å². The van der Waals surface area contributed by atoms with Crippen molar-refractivity contribution in [1.82, 2.24) is 0 Å². The first-order valence-electron chi connectivity index (χ1n) is 3.46. The maximum absolute atomic E-state index is 4.50. The Kier molecular flexibility index (Phi) is 5230. The van der Waals surface area contributed by atoms with Gasteiger partial charge in [0.05, 0.1) is 0 Å². The summed E-state index contributed by atoms with van der Waals surface area (Å²) in [5.41, 5.74) is 27.0. The molecule has 0 atom stereocenters. The van der Waals surface area contributed by atoms with Crippen LogP contribution in [0, 0.1) is 0 Å². The molecule has 0 saturated heterocycles. The van der Waals surface area contributed by atoms with Crippen LogP contribution in [0.25, 0.3) is 0 Å². The summed E-state index contributed by atoms with van der Waals surface area (Å²) < 4.78 is 0. The van der Waals surface area contributed by atoms with E-state index in [0.717, 1.165) is 0 Å². The van der Waals surface area contributed by atoms with Crippen molar-refractivity contribution in [3.63, 3.8) is 0 Å². The number of nitrogens with two attached hydrogens (primary N) is 6. The predicted molar refractivity (Wildman–Crippen MR) is 120 cm³/mol. The van der Waals surface area contributed by atoms with Gasteiger partial charge in [-0.2, -0.15) is 0 Å². The standard InChI is InChI=1S/6CH5N.6Mo.8S/c6*1-2;;;;;;;;;;;;;;/h6*2H2,1H3;;;;;;;;;;;;;;/q;;;;;;2*+3;4*+4;8*-2.